The van der Waals surface area contributed by atoms with E-state index in [2.05, 4.69) is 4.98 Å². The van der Waals surface area contributed by atoms with Crippen LogP contribution in [0.25, 0.3) is 0 Å². The largest absolute Gasteiger partial charge is 0.395 e. The minimum absolute atomic E-state index is 0.0470. The number of rotatable bonds is 5. The SMILES string of the molecule is O=C(c1ncc(Cl)c(Cl)c1Cl)N(CCO)CC(F)F. The van der Waals surface area contributed by atoms with E-state index in [1.54, 1.807) is 0 Å². The predicted octanol–water partition coefficient (Wildman–Crippen LogP) is 2.74. The summed E-state index contributed by atoms with van der Waals surface area (Å²) in [5, 5.41) is 8.53. The fourth-order valence-electron chi connectivity index (χ4n) is 1.31. The van der Waals surface area contributed by atoms with Crippen LogP contribution in [-0.4, -0.2) is 47.0 Å². The second-order valence-electron chi connectivity index (χ2n) is 3.45. The molecule has 0 aliphatic carbocycles. The first kappa shape index (κ1) is 16.4. The zero-order valence-corrected chi connectivity index (χ0v) is 11.7. The lowest BCUT2D eigenvalue weighted by Gasteiger charge is -2.21. The maximum absolute atomic E-state index is 12.4. The first-order chi connectivity index (χ1) is 8.88. The van der Waals surface area contributed by atoms with Crippen LogP contribution in [0, 0.1) is 0 Å². The Labute approximate surface area is 122 Å². The molecule has 0 bridgehead atoms. The Morgan fingerprint density at radius 2 is 2.00 bits per heavy atom. The van der Waals surface area contributed by atoms with Crippen LogP contribution in [0.1, 0.15) is 10.5 Å². The van der Waals surface area contributed by atoms with Gasteiger partial charge in [-0.05, 0) is 0 Å². The number of nitrogens with zero attached hydrogens (tertiary/aromatic N) is 2. The molecule has 0 radical (unpaired) electrons. The van der Waals surface area contributed by atoms with Crippen molar-refractivity contribution in [3.8, 4) is 0 Å². The highest BCUT2D eigenvalue weighted by atomic mass is 35.5. The Morgan fingerprint density at radius 3 is 2.53 bits per heavy atom. The fourth-order valence-corrected chi connectivity index (χ4v) is 1.87. The van der Waals surface area contributed by atoms with Crippen LogP contribution >= 0.6 is 34.8 Å². The van der Waals surface area contributed by atoms with Crippen LogP contribution in [0.3, 0.4) is 0 Å². The van der Waals surface area contributed by atoms with Crippen LogP contribution in [0.5, 0.6) is 0 Å². The van der Waals surface area contributed by atoms with Crippen molar-refractivity contribution in [2.75, 3.05) is 19.7 Å². The molecule has 106 valence electrons. The van der Waals surface area contributed by atoms with Gasteiger partial charge in [-0.1, -0.05) is 34.8 Å². The Bertz CT molecular complexity index is 474. The third-order valence-corrected chi connectivity index (χ3v) is 3.38. The van der Waals surface area contributed by atoms with Gasteiger partial charge >= 0.3 is 0 Å². The van der Waals surface area contributed by atoms with Gasteiger partial charge in [0.15, 0.2) is 0 Å². The van der Waals surface area contributed by atoms with Crippen LogP contribution < -0.4 is 0 Å². The fraction of sp³-hybridized carbons (Fsp3) is 0.400. The van der Waals surface area contributed by atoms with Crippen LogP contribution in [0.15, 0.2) is 6.20 Å². The molecule has 0 saturated carbocycles. The monoisotopic (exact) mass is 332 g/mol. The van der Waals surface area contributed by atoms with Crippen molar-refractivity contribution in [3.05, 3.63) is 27.0 Å². The molecule has 1 rings (SSSR count). The number of alkyl halides is 2. The normalized spacial score (nSPS) is 10.9. The van der Waals surface area contributed by atoms with E-state index in [0.29, 0.717) is 0 Å². The van der Waals surface area contributed by atoms with Crippen molar-refractivity contribution in [3.63, 3.8) is 0 Å². The van der Waals surface area contributed by atoms with Crippen LogP contribution in [-0.2, 0) is 0 Å². The molecule has 0 fully saturated rings. The number of aliphatic hydroxyl groups is 1. The highest BCUT2D eigenvalue weighted by molar-refractivity contribution is 6.48. The molecule has 0 saturated heterocycles. The number of carbonyl (C=O) groups excluding carboxylic acids is 1. The molecule has 0 spiro atoms. The van der Waals surface area contributed by atoms with Crippen molar-refractivity contribution in [1.82, 2.24) is 9.88 Å². The zero-order valence-electron chi connectivity index (χ0n) is 9.42. The maximum Gasteiger partial charge on any atom is 0.274 e. The number of amides is 1. The summed E-state index contributed by atoms with van der Waals surface area (Å²) >= 11 is 17.2. The molecule has 1 aromatic rings. The summed E-state index contributed by atoms with van der Waals surface area (Å²) in [6, 6.07) is 0. The summed E-state index contributed by atoms with van der Waals surface area (Å²) in [4.78, 5) is 16.4. The van der Waals surface area contributed by atoms with Gasteiger partial charge in [-0.2, -0.15) is 0 Å². The highest BCUT2D eigenvalue weighted by Crippen LogP contribution is 2.31. The first-order valence-electron chi connectivity index (χ1n) is 5.06. The van der Waals surface area contributed by atoms with E-state index in [-0.39, 0.29) is 27.3 Å². The van der Waals surface area contributed by atoms with Crippen LogP contribution in [0.4, 0.5) is 8.78 Å². The van der Waals surface area contributed by atoms with Gasteiger partial charge in [-0.25, -0.2) is 13.8 Å². The molecule has 0 aliphatic rings. The zero-order chi connectivity index (χ0) is 14.6. The molecule has 1 aromatic heterocycles. The summed E-state index contributed by atoms with van der Waals surface area (Å²) in [5.74, 6) is -0.849. The van der Waals surface area contributed by atoms with E-state index in [1.807, 2.05) is 0 Å². The number of aliphatic hydroxyl groups excluding tert-OH is 1. The third-order valence-electron chi connectivity index (χ3n) is 2.14. The van der Waals surface area contributed by atoms with E-state index < -0.39 is 25.5 Å². The molecule has 0 atom stereocenters. The van der Waals surface area contributed by atoms with E-state index in [9.17, 15) is 13.6 Å². The van der Waals surface area contributed by atoms with Gasteiger partial charge in [0, 0.05) is 12.7 Å². The van der Waals surface area contributed by atoms with Gasteiger partial charge in [0.2, 0.25) is 0 Å². The number of carbonyl (C=O) groups is 1. The number of pyridine rings is 1. The molecular formula is C10H9Cl3F2N2O2. The Balaban J connectivity index is 3.06. The van der Waals surface area contributed by atoms with Crippen LogP contribution in [0.2, 0.25) is 15.1 Å². The molecule has 1 heterocycles. The number of aromatic nitrogens is 1. The van der Waals surface area contributed by atoms with Gasteiger partial charge in [0.1, 0.15) is 5.69 Å². The lowest BCUT2D eigenvalue weighted by atomic mass is 10.3. The lowest BCUT2D eigenvalue weighted by Crippen LogP contribution is -2.37. The molecule has 0 unspecified atom stereocenters. The standard InChI is InChI=1S/C10H9Cl3F2N2O2/c11-5-3-16-9(8(13)7(5)12)10(19)17(1-2-18)4-6(14)15/h3,6,18H,1-2,4H2. The molecular weight excluding hydrogens is 324 g/mol. The number of halogens is 5. The molecule has 1 amide bonds. The van der Waals surface area contributed by atoms with Gasteiger partial charge in [0.25, 0.3) is 12.3 Å². The maximum atomic E-state index is 12.4. The average molecular weight is 334 g/mol. The van der Waals surface area contributed by atoms with Gasteiger partial charge in [-0.15, -0.1) is 0 Å². The van der Waals surface area contributed by atoms with E-state index >= 15 is 0 Å². The van der Waals surface area contributed by atoms with E-state index in [0.717, 1.165) is 11.1 Å². The third kappa shape index (κ3) is 4.14. The van der Waals surface area contributed by atoms with Crippen molar-refractivity contribution in [1.29, 1.82) is 0 Å². The quantitative estimate of drug-likeness (QED) is 0.901. The summed E-state index contributed by atoms with van der Waals surface area (Å²) in [5.41, 5.74) is -0.287. The molecule has 1 N–H and O–H groups in total. The minimum atomic E-state index is -2.74. The van der Waals surface area contributed by atoms with Crippen molar-refractivity contribution < 1.29 is 18.7 Å². The number of hydrogen-bond acceptors (Lipinski definition) is 3. The minimum Gasteiger partial charge on any atom is -0.395 e. The Hall–Kier alpha value is -0.690. The molecule has 0 aromatic carbocycles. The topological polar surface area (TPSA) is 53.4 Å². The van der Waals surface area contributed by atoms with Gasteiger partial charge in [0.05, 0.1) is 28.2 Å². The molecule has 0 aliphatic heterocycles. The van der Waals surface area contributed by atoms with Crippen molar-refractivity contribution in [2.24, 2.45) is 0 Å². The van der Waals surface area contributed by atoms with E-state index in [1.165, 1.54) is 0 Å². The smallest absolute Gasteiger partial charge is 0.274 e. The molecule has 9 heteroatoms. The Morgan fingerprint density at radius 1 is 1.37 bits per heavy atom. The lowest BCUT2D eigenvalue weighted by molar-refractivity contribution is 0.0504. The highest BCUT2D eigenvalue weighted by Gasteiger charge is 2.24. The second-order valence-corrected chi connectivity index (χ2v) is 4.61. The predicted molar refractivity (Wildman–Crippen MR) is 68.3 cm³/mol. The van der Waals surface area contributed by atoms with Crippen molar-refractivity contribution in [2.45, 2.75) is 6.43 Å². The number of hydrogen-bond donors (Lipinski definition) is 1. The summed E-state index contributed by atoms with van der Waals surface area (Å²) < 4.78 is 24.7. The first-order valence-corrected chi connectivity index (χ1v) is 6.19. The van der Waals surface area contributed by atoms with E-state index in [4.69, 9.17) is 39.9 Å². The summed E-state index contributed by atoms with van der Waals surface area (Å²) in [6.07, 6.45) is -1.64. The average Bonchev–Trinajstić information content (AvgIpc) is 2.34. The van der Waals surface area contributed by atoms with Gasteiger partial charge < -0.3 is 10.0 Å². The molecule has 4 nitrogen and oxygen atoms in total. The van der Waals surface area contributed by atoms with Crippen molar-refractivity contribution >= 4 is 40.7 Å². The van der Waals surface area contributed by atoms with Gasteiger partial charge in [-0.3, -0.25) is 4.79 Å². The summed E-state index contributed by atoms with van der Waals surface area (Å²) in [7, 11) is 0. The summed E-state index contributed by atoms with van der Waals surface area (Å²) in [6.45, 7) is -1.56. The second kappa shape index (κ2) is 7.19. The molecule has 19 heavy (non-hydrogen) atoms. The Kier molecular flexibility index (Phi) is 6.19.